The van der Waals surface area contributed by atoms with Gasteiger partial charge in [0, 0.05) is 0 Å². The predicted molar refractivity (Wildman–Crippen MR) is 160 cm³/mol. The van der Waals surface area contributed by atoms with Crippen LogP contribution < -0.4 is 0 Å². The van der Waals surface area contributed by atoms with Crippen molar-refractivity contribution >= 4 is 5.97 Å². The van der Waals surface area contributed by atoms with Crippen LogP contribution in [0.15, 0.2) is 12.2 Å². The number of carbonyl (C=O) groups excluding carboxylic acids is 1. The number of rotatable bonds is 26. The molecule has 214 valence electrons. The second-order valence-electron chi connectivity index (χ2n) is 12.2. The number of hydrogen-bond acceptors (Lipinski definition) is 2. The van der Waals surface area contributed by atoms with Gasteiger partial charge in [-0.2, -0.15) is 0 Å². The van der Waals surface area contributed by atoms with Crippen LogP contribution >= 0.6 is 0 Å². The predicted octanol–water partition coefficient (Wildman–Crippen LogP) is 11.5. The Bertz CT molecular complexity index is 497. The molecule has 0 saturated carbocycles. The lowest BCUT2D eigenvalue weighted by atomic mass is 9.84. The molecule has 0 aliphatic carbocycles. The minimum absolute atomic E-state index is 0.00344. The molecule has 4 atom stereocenters. The smallest absolute Gasteiger partial charge is 0.308 e. The lowest BCUT2D eigenvalue weighted by molar-refractivity contribution is -0.148. The van der Waals surface area contributed by atoms with Crippen molar-refractivity contribution in [3.8, 4) is 0 Å². The summed E-state index contributed by atoms with van der Waals surface area (Å²) < 4.78 is 5.39. The molecule has 0 amide bonds. The summed E-state index contributed by atoms with van der Waals surface area (Å²) in [5.41, 5.74) is 0. The lowest BCUT2D eigenvalue weighted by Gasteiger charge is -2.22. The topological polar surface area (TPSA) is 26.3 Å². The molecule has 0 aliphatic rings. The maximum absolute atomic E-state index is 12.1. The molecule has 0 spiro atoms. The zero-order valence-electron chi connectivity index (χ0n) is 25.6. The van der Waals surface area contributed by atoms with Crippen molar-refractivity contribution < 1.29 is 9.53 Å². The summed E-state index contributed by atoms with van der Waals surface area (Å²) >= 11 is 0. The molecule has 4 unspecified atom stereocenters. The van der Waals surface area contributed by atoms with E-state index in [1.807, 2.05) is 6.92 Å². The number of carbonyl (C=O) groups is 1. The first-order valence-electron chi connectivity index (χ1n) is 16.2. The van der Waals surface area contributed by atoms with Crippen molar-refractivity contribution in [2.24, 2.45) is 23.7 Å². The SMILES string of the molecule is CCCCCCCCC=CCCCCCCCCC(C)CC(C)CC(C)CC(C)C(=O)OCCCC. The Morgan fingerprint density at radius 3 is 1.64 bits per heavy atom. The molecular weight excluding hydrogens is 440 g/mol. The zero-order chi connectivity index (χ0) is 26.9. The van der Waals surface area contributed by atoms with E-state index in [-0.39, 0.29) is 11.9 Å². The van der Waals surface area contributed by atoms with Gasteiger partial charge in [0.25, 0.3) is 0 Å². The first kappa shape index (κ1) is 35.2. The summed E-state index contributed by atoms with van der Waals surface area (Å²) in [5, 5.41) is 0. The van der Waals surface area contributed by atoms with E-state index in [0.29, 0.717) is 12.5 Å². The third-order valence-corrected chi connectivity index (χ3v) is 7.72. The van der Waals surface area contributed by atoms with Gasteiger partial charge in [0.2, 0.25) is 0 Å². The van der Waals surface area contributed by atoms with Crippen molar-refractivity contribution in [1.29, 1.82) is 0 Å². The minimum atomic E-state index is -0.00344. The molecule has 0 aromatic rings. The van der Waals surface area contributed by atoms with E-state index in [0.717, 1.165) is 31.1 Å². The van der Waals surface area contributed by atoms with Crippen molar-refractivity contribution in [2.45, 2.75) is 170 Å². The molecule has 0 aliphatic heterocycles. The van der Waals surface area contributed by atoms with Crippen LogP contribution in [-0.2, 0) is 9.53 Å². The fraction of sp³-hybridized carbons (Fsp3) is 0.912. The van der Waals surface area contributed by atoms with Crippen molar-refractivity contribution in [2.75, 3.05) is 6.61 Å². The molecule has 36 heavy (non-hydrogen) atoms. The third kappa shape index (κ3) is 23.6. The van der Waals surface area contributed by atoms with Crippen LogP contribution in [0.4, 0.5) is 0 Å². The highest BCUT2D eigenvalue weighted by Gasteiger charge is 2.20. The van der Waals surface area contributed by atoms with Gasteiger partial charge in [-0.05, 0) is 69.1 Å². The number of unbranched alkanes of at least 4 members (excludes halogenated alkanes) is 13. The Balaban J connectivity index is 3.62. The average Bonchev–Trinajstić information content (AvgIpc) is 2.83. The third-order valence-electron chi connectivity index (χ3n) is 7.72. The highest BCUT2D eigenvalue weighted by molar-refractivity contribution is 5.71. The van der Waals surface area contributed by atoms with Crippen LogP contribution in [0.5, 0.6) is 0 Å². The van der Waals surface area contributed by atoms with Gasteiger partial charge in [-0.1, -0.05) is 131 Å². The molecule has 0 aromatic carbocycles. The van der Waals surface area contributed by atoms with E-state index in [9.17, 15) is 4.79 Å². The average molecular weight is 507 g/mol. The van der Waals surface area contributed by atoms with Gasteiger partial charge in [0.15, 0.2) is 0 Å². The fourth-order valence-corrected chi connectivity index (χ4v) is 5.58. The highest BCUT2D eigenvalue weighted by Crippen LogP contribution is 2.26. The number of allylic oxidation sites excluding steroid dienone is 2. The van der Waals surface area contributed by atoms with Gasteiger partial charge in [0.05, 0.1) is 12.5 Å². The summed E-state index contributed by atoms with van der Waals surface area (Å²) in [6, 6.07) is 0. The Kier molecular flexibility index (Phi) is 25.3. The van der Waals surface area contributed by atoms with Crippen molar-refractivity contribution in [3.63, 3.8) is 0 Å². The van der Waals surface area contributed by atoms with Crippen LogP contribution in [0.25, 0.3) is 0 Å². The second-order valence-corrected chi connectivity index (χ2v) is 12.2. The summed E-state index contributed by atoms with van der Waals surface area (Å²) in [7, 11) is 0. The summed E-state index contributed by atoms with van der Waals surface area (Å²) in [6.07, 6.45) is 31.1. The van der Waals surface area contributed by atoms with E-state index >= 15 is 0 Å². The van der Waals surface area contributed by atoms with Gasteiger partial charge >= 0.3 is 5.97 Å². The van der Waals surface area contributed by atoms with E-state index in [2.05, 4.69) is 46.8 Å². The zero-order valence-corrected chi connectivity index (χ0v) is 25.6. The van der Waals surface area contributed by atoms with Crippen molar-refractivity contribution in [3.05, 3.63) is 12.2 Å². The van der Waals surface area contributed by atoms with Gasteiger partial charge in [0.1, 0.15) is 0 Å². The summed E-state index contributed by atoms with van der Waals surface area (Å²) in [4.78, 5) is 12.1. The van der Waals surface area contributed by atoms with Crippen molar-refractivity contribution in [1.82, 2.24) is 0 Å². The Labute approximate surface area is 227 Å². The molecule has 0 fully saturated rings. The maximum Gasteiger partial charge on any atom is 0.308 e. The van der Waals surface area contributed by atoms with E-state index in [4.69, 9.17) is 4.74 Å². The first-order valence-corrected chi connectivity index (χ1v) is 16.2. The van der Waals surface area contributed by atoms with E-state index in [1.165, 1.54) is 109 Å². The number of ether oxygens (including phenoxy) is 1. The number of hydrogen-bond donors (Lipinski definition) is 0. The van der Waals surface area contributed by atoms with Gasteiger partial charge in [-0.25, -0.2) is 0 Å². The van der Waals surface area contributed by atoms with E-state index in [1.54, 1.807) is 0 Å². The van der Waals surface area contributed by atoms with Crippen LogP contribution in [0.3, 0.4) is 0 Å². The Morgan fingerprint density at radius 1 is 0.583 bits per heavy atom. The standard InChI is InChI=1S/C34H66O2/c1-7-9-11-12-13-14-15-16-17-18-19-20-21-22-23-24-25-30(3)27-31(4)28-32(5)29-33(6)34(35)36-26-10-8-2/h16-17,30-33H,7-15,18-29H2,1-6H3. The molecule has 0 saturated heterocycles. The van der Waals surface area contributed by atoms with Crippen LogP contribution in [0, 0.1) is 23.7 Å². The Hall–Kier alpha value is -0.790. The largest absolute Gasteiger partial charge is 0.465 e. The normalized spacial score (nSPS) is 15.2. The van der Waals surface area contributed by atoms with Gasteiger partial charge < -0.3 is 4.74 Å². The maximum atomic E-state index is 12.1. The molecule has 0 aromatic heterocycles. The second kappa shape index (κ2) is 25.8. The van der Waals surface area contributed by atoms with Crippen LogP contribution in [0.2, 0.25) is 0 Å². The van der Waals surface area contributed by atoms with Gasteiger partial charge in [-0.3, -0.25) is 4.79 Å². The quantitative estimate of drug-likeness (QED) is 0.0662. The number of esters is 1. The highest BCUT2D eigenvalue weighted by atomic mass is 16.5. The monoisotopic (exact) mass is 507 g/mol. The molecule has 0 heterocycles. The minimum Gasteiger partial charge on any atom is -0.465 e. The lowest BCUT2D eigenvalue weighted by Crippen LogP contribution is -2.19. The van der Waals surface area contributed by atoms with Crippen LogP contribution in [-0.4, -0.2) is 12.6 Å². The summed E-state index contributed by atoms with van der Waals surface area (Å²) in [5.74, 6) is 2.18. The molecule has 0 radical (unpaired) electrons. The molecule has 0 bridgehead atoms. The fourth-order valence-electron chi connectivity index (χ4n) is 5.58. The first-order chi connectivity index (χ1) is 17.4. The van der Waals surface area contributed by atoms with Crippen LogP contribution in [0.1, 0.15) is 170 Å². The molecule has 0 rings (SSSR count). The molecular formula is C34H66O2. The van der Waals surface area contributed by atoms with Gasteiger partial charge in [-0.15, -0.1) is 0 Å². The summed E-state index contributed by atoms with van der Waals surface area (Å²) in [6.45, 7) is 14.2. The molecule has 2 nitrogen and oxygen atoms in total. The van der Waals surface area contributed by atoms with E-state index < -0.39 is 0 Å². The molecule has 2 heteroatoms. The Morgan fingerprint density at radius 2 is 1.06 bits per heavy atom. The molecule has 0 N–H and O–H groups in total.